The third-order valence-corrected chi connectivity index (χ3v) is 3.61. The van der Waals surface area contributed by atoms with Crippen LogP contribution in [0.4, 0.5) is 0 Å². The van der Waals surface area contributed by atoms with Gasteiger partial charge in [0.05, 0.1) is 0 Å². The fourth-order valence-corrected chi connectivity index (χ4v) is 2.95. The molecule has 0 aromatic rings. The first-order chi connectivity index (χ1) is 7.87. The molecule has 0 aliphatic heterocycles. The highest BCUT2D eigenvalue weighted by Gasteiger charge is 2.21. The molecule has 0 heterocycles. The molecular formula is C15H29NO. The van der Waals surface area contributed by atoms with Crippen molar-refractivity contribution >= 4 is 5.78 Å². The van der Waals surface area contributed by atoms with Gasteiger partial charge in [0.1, 0.15) is 5.78 Å². The Labute approximate surface area is 106 Å². The fraction of sp³-hybridized carbons (Fsp3) is 0.933. The van der Waals surface area contributed by atoms with Crippen LogP contribution in [0.2, 0.25) is 0 Å². The van der Waals surface area contributed by atoms with E-state index in [4.69, 9.17) is 5.73 Å². The molecule has 0 spiro atoms. The Morgan fingerprint density at radius 3 is 2.35 bits per heavy atom. The first kappa shape index (κ1) is 14.7. The summed E-state index contributed by atoms with van der Waals surface area (Å²) in [5.74, 6) is 1.03. The summed E-state index contributed by atoms with van der Waals surface area (Å²) in [4.78, 5) is 11.9. The number of nitrogens with two attached hydrogens (primary N) is 1. The Hall–Kier alpha value is -0.370. The second kappa shape index (κ2) is 6.53. The molecule has 100 valence electrons. The van der Waals surface area contributed by atoms with Crippen LogP contribution < -0.4 is 5.73 Å². The number of hydrogen-bond acceptors (Lipinski definition) is 2. The molecule has 2 N–H and O–H groups in total. The van der Waals surface area contributed by atoms with Crippen LogP contribution in [0.15, 0.2) is 0 Å². The quantitative estimate of drug-likeness (QED) is 0.795. The maximum Gasteiger partial charge on any atom is 0.134 e. The highest BCUT2D eigenvalue weighted by molar-refractivity contribution is 5.79. The van der Waals surface area contributed by atoms with E-state index in [1.165, 1.54) is 32.1 Å². The minimum atomic E-state index is 0.0473. The summed E-state index contributed by atoms with van der Waals surface area (Å²) in [7, 11) is 0. The fourth-order valence-electron chi connectivity index (χ4n) is 2.95. The average molecular weight is 239 g/mol. The largest absolute Gasteiger partial charge is 0.327 e. The van der Waals surface area contributed by atoms with Crippen molar-refractivity contribution in [3.8, 4) is 0 Å². The Kier molecular flexibility index (Phi) is 5.64. The van der Waals surface area contributed by atoms with E-state index in [1.54, 1.807) is 0 Å². The van der Waals surface area contributed by atoms with Crippen LogP contribution in [-0.2, 0) is 4.79 Å². The summed E-state index contributed by atoms with van der Waals surface area (Å²) in [5.41, 5.74) is 6.27. The molecule has 1 atom stereocenters. The predicted octanol–water partition coefficient (Wildman–Crippen LogP) is 3.68. The Morgan fingerprint density at radius 1 is 1.24 bits per heavy atom. The molecule has 1 fully saturated rings. The Morgan fingerprint density at radius 2 is 1.82 bits per heavy atom. The first-order valence-electron chi connectivity index (χ1n) is 7.14. The van der Waals surface area contributed by atoms with Gasteiger partial charge in [0, 0.05) is 18.9 Å². The van der Waals surface area contributed by atoms with Gasteiger partial charge in [-0.15, -0.1) is 0 Å². The van der Waals surface area contributed by atoms with Crippen molar-refractivity contribution in [3.63, 3.8) is 0 Å². The summed E-state index contributed by atoms with van der Waals surface area (Å²) >= 11 is 0. The standard InChI is InChI=1S/C15H29NO/c1-15(2,3)11-13(16)10-14(17)9-12-7-5-4-6-8-12/h12-13H,4-11,16H2,1-3H3. The molecule has 1 aliphatic carbocycles. The number of carbonyl (C=O) groups excluding carboxylic acids is 1. The van der Waals surface area contributed by atoms with Gasteiger partial charge >= 0.3 is 0 Å². The lowest BCUT2D eigenvalue weighted by Gasteiger charge is -2.24. The third kappa shape index (κ3) is 6.82. The Bertz CT molecular complexity index is 236. The van der Waals surface area contributed by atoms with Crippen LogP contribution >= 0.6 is 0 Å². The van der Waals surface area contributed by atoms with E-state index in [1.807, 2.05) is 0 Å². The number of ketones is 1. The number of rotatable bonds is 5. The van der Waals surface area contributed by atoms with Crippen LogP contribution in [0.25, 0.3) is 0 Å². The normalized spacial score (nSPS) is 20.2. The monoisotopic (exact) mass is 239 g/mol. The third-order valence-electron chi connectivity index (χ3n) is 3.61. The molecular weight excluding hydrogens is 210 g/mol. The summed E-state index contributed by atoms with van der Waals surface area (Å²) in [6.07, 6.45) is 8.77. The van der Waals surface area contributed by atoms with Gasteiger partial charge < -0.3 is 5.73 Å². The second-order valence-electron chi connectivity index (χ2n) is 6.98. The lowest BCUT2D eigenvalue weighted by molar-refractivity contribution is -0.120. The Balaban J connectivity index is 2.23. The molecule has 2 nitrogen and oxygen atoms in total. The molecule has 0 bridgehead atoms. The summed E-state index contributed by atoms with van der Waals surface area (Å²) in [6, 6.07) is 0.0473. The average Bonchev–Trinajstić information content (AvgIpc) is 2.15. The van der Waals surface area contributed by atoms with Gasteiger partial charge in [-0.1, -0.05) is 52.9 Å². The van der Waals surface area contributed by atoms with E-state index >= 15 is 0 Å². The zero-order chi connectivity index (χ0) is 12.9. The summed E-state index contributed by atoms with van der Waals surface area (Å²) in [5, 5.41) is 0. The number of hydrogen-bond donors (Lipinski definition) is 1. The summed E-state index contributed by atoms with van der Waals surface area (Å²) in [6.45, 7) is 6.54. The molecule has 0 aromatic carbocycles. The van der Waals surface area contributed by atoms with Crippen molar-refractivity contribution in [2.24, 2.45) is 17.1 Å². The van der Waals surface area contributed by atoms with Gasteiger partial charge in [-0.05, 0) is 17.8 Å². The van der Waals surface area contributed by atoms with Gasteiger partial charge in [-0.2, -0.15) is 0 Å². The summed E-state index contributed by atoms with van der Waals surface area (Å²) < 4.78 is 0. The number of carbonyl (C=O) groups is 1. The highest BCUT2D eigenvalue weighted by Crippen LogP contribution is 2.27. The van der Waals surface area contributed by atoms with E-state index in [0.717, 1.165) is 12.8 Å². The molecule has 2 heteroatoms. The molecule has 0 radical (unpaired) electrons. The van der Waals surface area contributed by atoms with Gasteiger partial charge in [0.2, 0.25) is 0 Å². The molecule has 1 aliphatic rings. The van der Waals surface area contributed by atoms with Crippen LogP contribution in [0.5, 0.6) is 0 Å². The molecule has 0 amide bonds. The van der Waals surface area contributed by atoms with Gasteiger partial charge in [0.15, 0.2) is 0 Å². The van der Waals surface area contributed by atoms with E-state index < -0.39 is 0 Å². The molecule has 17 heavy (non-hydrogen) atoms. The molecule has 0 aromatic heterocycles. The van der Waals surface area contributed by atoms with Crippen LogP contribution in [0.1, 0.15) is 72.1 Å². The second-order valence-corrected chi connectivity index (χ2v) is 6.98. The lowest BCUT2D eigenvalue weighted by atomic mass is 9.83. The molecule has 1 unspecified atom stereocenters. The highest BCUT2D eigenvalue weighted by atomic mass is 16.1. The van der Waals surface area contributed by atoms with Gasteiger partial charge in [-0.3, -0.25) is 4.79 Å². The van der Waals surface area contributed by atoms with Crippen molar-refractivity contribution < 1.29 is 4.79 Å². The van der Waals surface area contributed by atoms with Crippen molar-refractivity contribution in [1.82, 2.24) is 0 Å². The van der Waals surface area contributed by atoms with E-state index in [0.29, 0.717) is 18.1 Å². The lowest BCUT2D eigenvalue weighted by Crippen LogP contribution is -2.29. The minimum Gasteiger partial charge on any atom is -0.327 e. The predicted molar refractivity (Wildman–Crippen MR) is 72.9 cm³/mol. The topological polar surface area (TPSA) is 43.1 Å². The molecule has 1 saturated carbocycles. The van der Waals surface area contributed by atoms with Crippen molar-refractivity contribution in [3.05, 3.63) is 0 Å². The van der Waals surface area contributed by atoms with Gasteiger partial charge in [0.25, 0.3) is 0 Å². The first-order valence-corrected chi connectivity index (χ1v) is 7.14. The van der Waals surface area contributed by atoms with Gasteiger partial charge in [-0.25, -0.2) is 0 Å². The maximum absolute atomic E-state index is 11.9. The molecule has 1 rings (SSSR count). The molecule has 0 saturated heterocycles. The number of Topliss-reactive ketones (excluding diaryl/α,β-unsaturated/α-hetero) is 1. The van der Waals surface area contributed by atoms with Crippen molar-refractivity contribution in [1.29, 1.82) is 0 Å². The van der Waals surface area contributed by atoms with E-state index in [-0.39, 0.29) is 11.5 Å². The van der Waals surface area contributed by atoms with Crippen LogP contribution in [-0.4, -0.2) is 11.8 Å². The van der Waals surface area contributed by atoms with Crippen LogP contribution in [0, 0.1) is 11.3 Å². The zero-order valence-corrected chi connectivity index (χ0v) is 11.8. The van der Waals surface area contributed by atoms with Crippen molar-refractivity contribution in [2.45, 2.75) is 78.2 Å². The van der Waals surface area contributed by atoms with Crippen molar-refractivity contribution in [2.75, 3.05) is 0 Å². The van der Waals surface area contributed by atoms with E-state index in [2.05, 4.69) is 20.8 Å². The SMILES string of the molecule is CC(C)(C)CC(N)CC(=O)CC1CCCCC1. The van der Waals surface area contributed by atoms with E-state index in [9.17, 15) is 4.79 Å². The smallest absolute Gasteiger partial charge is 0.134 e. The zero-order valence-electron chi connectivity index (χ0n) is 11.8. The maximum atomic E-state index is 11.9. The minimum absolute atomic E-state index is 0.0473. The van der Waals surface area contributed by atoms with Crippen LogP contribution in [0.3, 0.4) is 0 Å².